The van der Waals surface area contributed by atoms with Crippen LogP contribution in [0.3, 0.4) is 0 Å². The Bertz CT molecular complexity index is 82.9. The lowest BCUT2D eigenvalue weighted by Crippen LogP contribution is -2.18. The van der Waals surface area contributed by atoms with Crippen molar-refractivity contribution in [3.05, 3.63) is 0 Å². The standard InChI is InChI=1S/C5H13BO4S/c1-9-2-4-11-5-3-10-6(7)8/h7-8H,2-5H2,1H3. The van der Waals surface area contributed by atoms with Crippen LogP contribution in [0.1, 0.15) is 0 Å². The molecule has 0 fully saturated rings. The largest absolute Gasteiger partial charge is 0.633 e. The summed E-state index contributed by atoms with van der Waals surface area (Å²) in [6.45, 7) is 1.07. The molecule has 0 bridgehead atoms. The number of ether oxygens (including phenoxy) is 1. The molecule has 6 heteroatoms. The summed E-state index contributed by atoms with van der Waals surface area (Å²) in [7, 11) is 0.00664. The van der Waals surface area contributed by atoms with Crippen molar-refractivity contribution in [3.8, 4) is 0 Å². The molecule has 0 aliphatic carbocycles. The fraction of sp³-hybridized carbons (Fsp3) is 1.00. The molecule has 66 valence electrons. The van der Waals surface area contributed by atoms with E-state index in [1.807, 2.05) is 0 Å². The van der Waals surface area contributed by atoms with Gasteiger partial charge in [0.15, 0.2) is 0 Å². The second kappa shape index (κ2) is 8.35. The van der Waals surface area contributed by atoms with Gasteiger partial charge in [0.25, 0.3) is 0 Å². The maximum Gasteiger partial charge on any atom is 0.633 e. The van der Waals surface area contributed by atoms with Crippen LogP contribution in [-0.4, -0.2) is 49.2 Å². The number of thioether (sulfide) groups is 1. The van der Waals surface area contributed by atoms with Gasteiger partial charge in [-0.25, -0.2) is 0 Å². The minimum Gasteiger partial charge on any atom is -0.402 e. The fourth-order valence-electron chi connectivity index (χ4n) is 0.457. The van der Waals surface area contributed by atoms with E-state index in [-0.39, 0.29) is 0 Å². The Kier molecular flexibility index (Phi) is 8.55. The van der Waals surface area contributed by atoms with Gasteiger partial charge in [-0.1, -0.05) is 0 Å². The molecule has 0 saturated carbocycles. The SMILES string of the molecule is COCCSCCOB(O)O. The molecule has 0 atom stereocenters. The molecule has 0 heterocycles. The van der Waals surface area contributed by atoms with E-state index in [1.54, 1.807) is 18.9 Å². The third-order valence-corrected chi connectivity index (χ3v) is 1.84. The molecule has 0 spiro atoms. The fourth-order valence-corrected chi connectivity index (χ4v) is 1.16. The Balaban J connectivity index is 2.80. The highest BCUT2D eigenvalue weighted by molar-refractivity contribution is 7.99. The zero-order valence-corrected chi connectivity index (χ0v) is 7.34. The molecule has 0 aromatic rings. The van der Waals surface area contributed by atoms with Crippen molar-refractivity contribution in [3.63, 3.8) is 0 Å². The summed E-state index contributed by atoms with van der Waals surface area (Å²) in [4.78, 5) is 0. The third kappa shape index (κ3) is 10.3. The van der Waals surface area contributed by atoms with Gasteiger partial charge in [0.1, 0.15) is 0 Å². The maximum absolute atomic E-state index is 8.25. The average molecular weight is 180 g/mol. The molecule has 0 radical (unpaired) electrons. The summed E-state index contributed by atoms with van der Waals surface area (Å²) in [5, 5.41) is 16.5. The number of hydrogen-bond acceptors (Lipinski definition) is 5. The van der Waals surface area contributed by atoms with Gasteiger partial charge >= 0.3 is 7.32 Å². The highest BCUT2D eigenvalue weighted by atomic mass is 32.2. The van der Waals surface area contributed by atoms with Crippen molar-refractivity contribution in [1.82, 2.24) is 0 Å². The van der Waals surface area contributed by atoms with Gasteiger partial charge in [-0.2, -0.15) is 11.8 Å². The van der Waals surface area contributed by atoms with Gasteiger partial charge in [-0.3, -0.25) is 0 Å². The molecule has 11 heavy (non-hydrogen) atoms. The first kappa shape index (κ1) is 11.3. The van der Waals surface area contributed by atoms with E-state index in [4.69, 9.17) is 14.8 Å². The molecule has 0 unspecified atom stereocenters. The van der Waals surface area contributed by atoms with E-state index in [2.05, 4.69) is 4.65 Å². The van der Waals surface area contributed by atoms with E-state index in [0.29, 0.717) is 13.2 Å². The van der Waals surface area contributed by atoms with Crippen LogP contribution in [0.25, 0.3) is 0 Å². The van der Waals surface area contributed by atoms with Crippen LogP contribution in [-0.2, 0) is 9.39 Å². The predicted octanol–water partition coefficient (Wildman–Crippen LogP) is -0.648. The lowest BCUT2D eigenvalue weighted by atomic mass is 10.3. The number of methoxy groups -OCH3 is 1. The number of hydrogen-bond donors (Lipinski definition) is 2. The molecule has 0 aromatic carbocycles. The molecule has 0 aromatic heterocycles. The van der Waals surface area contributed by atoms with E-state index in [0.717, 1.165) is 11.5 Å². The molecule has 0 saturated heterocycles. The van der Waals surface area contributed by atoms with E-state index >= 15 is 0 Å². The summed E-state index contributed by atoms with van der Waals surface area (Å²) in [5.74, 6) is 1.66. The molecule has 0 aliphatic rings. The Morgan fingerprint density at radius 2 is 1.91 bits per heavy atom. The summed E-state index contributed by atoms with van der Waals surface area (Å²) >= 11 is 1.65. The maximum atomic E-state index is 8.25. The zero-order chi connectivity index (χ0) is 8.53. The van der Waals surface area contributed by atoms with Crippen molar-refractivity contribution >= 4 is 19.1 Å². The van der Waals surface area contributed by atoms with Crippen LogP contribution in [0.4, 0.5) is 0 Å². The highest BCUT2D eigenvalue weighted by Gasteiger charge is 2.06. The highest BCUT2D eigenvalue weighted by Crippen LogP contribution is 1.98. The summed E-state index contributed by atoms with van der Waals surface area (Å²) < 4.78 is 9.28. The van der Waals surface area contributed by atoms with Crippen LogP contribution in [0.2, 0.25) is 0 Å². The lowest BCUT2D eigenvalue weighted by molar-refractivity contribution is 0.197. The number of rotatable bonds is 7. The van der Waals surface area contributed by atoms with Gasteiger partial charge in [-0.05, 0) is 0 Å². The predicted molar refractivity (Wildman–Crippen MR) is 45.3 cm³/mol. The van der Waals surface area contributed by atoms with Gasteiger partial charge in [0.05, 0.1) is 6.61 Å². The van der Waals surface area contributed by atoms with Gasteiger partial charge in [-0.15, -0.1) is 0 Å². The second-order valence-corrected chi connectivity index (χ2v) is 3.03. The molecule has 0 rings (SSSR count). The Labute approximate surface area is 71.1 Å². The van der Waals surface area contributed by atoms with Gasteiger partial charge in [0.2, 0.25) is 0 Å². The third-order valence-electron chi connectivity index (χ3n) is 0.926. The van der Waals surface area contributed by atoms with E-state index < -0.39 is 7.32 Å². The van der Waals surface area contributed by atoms with Crippen molar-refractivity contribution in [2.24, 2.45) is 0 Å². The first-order valence-electron chi connectivity index (χ1n) is 3.32. The van der Waals surface area contributed by atoms with Crippen molar-refractivity contribution < 1.29 is 19.4 Å². The topological polar surface area (TPSA) is 58.9 Å². The molecule has 0 aliphatic heterocycles. The quantitative estimate of drug-likeness (QED) is 0.402. The Morgan fingerprint density at radius 3 is 2.45 bits per heavy atom. The zero-order valence-electron chi connectivity index (χ0n) is 6.52. The summed E-state index contributed by atoms with van der Waals surface area (Å²) in [6.07, 6.45) is 0. The normalized spacial score (nSPS) is 10.1. The molecular weight excluding hydrogens is 167 g/mol. The van der Waals surface area contributed by atoms with Crippen molar-refractivity contribution in [1.29, 1.82) is 0 Å². The molecule has 4 nitrogen and oxygen atoms in total. The minimum atomic E-state index is -1.64. The Hall–Kier alpha value is 0.255. The van der Waals surface area contributed by atoms with Crippen LogP contribution in [0.5, 0.6) is 0 Å². The van der Waals surface area contributed by atoms with Crippen LogP contribution in [0.15, 0.2) is 0 Å². The second-order valence-electron chi connectivity index (χ2n) is 1.80. The van der Waals surface area contributed by atoms with Crippen LogP contribution < -0.4 is 0 Å². The van der Waals surface area contributed by atoms with Gasteiger partial charge < -0.3 is 19.4 Å². The first-order chi connectivity index (χ1) is 5.27. The molecular formula is C5H13BO4S. The Morgan fingerprint density at radius 1 is 1.27 bits per heavy atom. The van der Waals surface area contributed by atoms with E-state index in [1.165, 1.54) is 0 Å². The van der Waals surface area contributed by atoms with E-state index in [9.17, 15) is 0 Å². The smallest absolute Gasteiger partial charge is 0.402 e. The lowest BCUT2D eigenvalue weighted by Gasteiger charge is -2.01. The van der Waals surface area contributed by atoms with Crippen LogP contribution >= 0.6 is 11.8 Å². The molecule has 0 amide bonds. The first-order valence-corrected chi connectivity index (χ1v) is 4.47. The molecule has 2 N–H and O–H groups in total. The summed E-state index contributed by atoms with van der Waals surface area (Å²) in [6, 6.07) is 0. The monoisotopic (exact) mass is 180 g/mol. The van der Waals surface area contributed by atoms with Crippen LogP contribution in [0, 0.1) is 0 Å². The summed E-state index contributed by atoms with van der Waals surface area (Å²) in [5.41, 5.74) is 0. The van der Waals surface area contributed by atoms with Crippen molar-refractivity contribution in [2.75, 3.05) is 31.8 Å². The van der Waals surface area contributed by atoms with Gasteiger partial charge in [0, 0.05) is 25.2 Å². The minimum absolute atomic E-state index is 0.353. The van der Waals surface area contributed by atoms with Crippen molar-refractivity contribution in [2.45, 2.75) is 0 Å². The average Bonchev–Trinajstić information content (AvgIpc) is 1.96.